The smallest absolute Gasteiger partial charge is 0.251 e. The maximum absolute atomic E-state index is 12.4. The van der Waals surface area contributed by atoms with Gasteiger partial charge in [-0.3, -0.25) is 4.79 Å². The van der Waals surface area contributed by atoms with Crippen LogP contribution in [0.5, 0.6) is 17.2 Å². The third-order valence-corrected chi connectivity index (χ3v) is 4.03. The second-order valence-corrected chi connectivity index (χ2v) is 5.63. The zero-order chi connectivity index (χ0) is 18.4. The molecule has 2 rings (SSSR count). The number of carbonyl (C=O) groups excluding carboxylic acids is 1. The molecule has 0 atom stereocenters. The lowest BCUT2D eigenvalue weighted by Gasteiger charge is -2.13. The maximum atomic E-state index is 12.4. The standard InChI is InChI=1S/C19H23NO5/c1-12-17(24-2)9-14(10-18(12)25-3)19(23)20-7-6-13-4-5-16(22)15(8-13)11-21/h4-5,8-10,21-22H,6-7,11H2,1-3H3,(H,20,23). The summed E-state index contributed by atoms with van der Waals surface area (Å²) in [5.41, 5.74) is 2.68. The minimum Gasteiger partial charge on any atom is -0.508 e. The molecule has 0 aliphatic heterocycles. The van der Waals surface area contributed by atoms with Crippen molar-refractivity contribution in [2.24, 2.45) is 0 Å². The van der Waals surface area contributed by atoms with Crippen LogP contribution in [-0.4, -0.2) is 36.9 Å². The molecule has 0 radical (unpaired) electrons. The highest BCUT2D eigenvalue weighted by molar-refractivity contribution is 5.95. The molecule has 3 N–H and O–H groups in total. The predicted octanol–water partition coefficient (Wildman–Crippen LogP) is 2.18. The van der Waals surface area contributed by atoms with Crippen molar-refractivity contribution in [1.82, 2.24) is 5.32 Å². The average Bonchev–Trinajstić information content (AvgIpc) is 2.63. The van der Waals surface area contributed by atoms with Gasteiger partial charge in [-0.25, -0.2) is 0 Å². The molecule has 0 saturated heterocycles. The summed E-state index contributed by atoms with van der Waals surface area (Å²) >= 11 is 0. The fourth-order valence-electron chi connectivity index (χ4n) is 2.56. The number of ether oxygens (including phenoxy) is 2. The van der Waals surface area contributed by atoms with Gasteiger partial charge in [0, 0.05) is 23.2 Å². The van der Waals surface area contributed by atoms with E-state index in [-0.39, 0.29) is 18.3 Å². The fourth-order valence-corrected chi connectivity index (χ4v) is 2.56. The lowest BCUT2D eigenvalue weighted by Crippen LogP contribution is -2.25. The lowest BCUT2D eigenvalue weighted by molar-refractivity contribution is 0.0953. The van der Waals surface area contributed by atoms with Crippen LogP contribution in [0.2, 0.25) is 0 Å². The molecule has 6 nitrogen and oxygen atoms in total. The highest BCUT2D eigenvalue weighted by atomic mass is 16.5. The molecule has 134 valence electrons. The number of benzene rings is 2. The van der Waals surface area contributed by atoms with E-state index in [1.54, 1.807) is 44.6 Å². The number of carbonyl (C=O) groups is 1. The Hall–Kier alpha value is -2.73. The summed E-state index contributed by atoms with van der Waals surface area (Å²) in [4.78, 5) is 12.4. The van der Waals surface area contributed by atoms with Gasteiger partial charge in [0.1, 0.15) is 17.2 Å². The first-order chi connectivity index (χ1) is 12.0. The van der Waals surface area contributed by atoms with Crippen LogP contribution in [0.3, 0.4) is 0 Å². The van der Waals surface area contributed by atoms with E-state index >= 15 is 0 Å². The Labute approximate surface area is 147 Å². The molecule has 2 aromatic carbocycles. The molecule has 0 aliphatic carbocycles. The number of amides is 1. The third-order valence-electron chi connectivity index (χ3n) is 4.03. The molecule has 0 fully saturated rings. The molecular formula is C19H23NO5. The molecule has 2 aromatic rings. The Bertz CT molecular complexity index is 732. The number of rotatable bonds is 7. The summed E-state index contributed by atoms with van der Waals surface area (Å²) in [6, 6.07) is 8.38. The first-order valence-electron chi connectivity index (χ1n) is 7.92. The average molecular weight is 345 g/mol. The molecule has 0 bridgehead atoms. The van der Waals surface area contributed by atoms with E-state index in [0.717, 1.165) is 11.1 Å². The first-order valence-corrected chi connectivity index (χ1v) is 7.92. The van der Waals surface area contributed by atoms with E-state index < -0.39 is 0 Å². The van der Waals surface area contributed by atoms with Crippen molar-refractivity contribution in [3.63, 3.8) is 0 Å². The molecular weight excluding hydrogens is 322 g/mol. The fraction of sp³-hybridized carbons (Fsp3) is 0.316. The minimum atomic E-state index is -0.227. The van der Waals surface area contributed by atoms with E-state index in [1.807, 2.05) is 6.92 Å². The van der Waals surface area contributed by atoms with Crippen LogP contribution in [0.1, 0.15) is 27.0 Å². The van der Waals surface area contributed by atoms with E-state index in [9.17, 15) is 15.0 Å². The van der Waals surface area contributed by atoms with E-state index in [2.05, 4.69) is 5.32 Å². The van der Waals surface area contributed by atoms with Crippen LogP contribution < -0.4 is 14.8 Å². The van der Waals surface area contributed by atoms with Gasteiger partial charge in [0.2, 0.25) is 0 Å². The largest absolute Gasteiger partial charge is 0.508 e. The highest BCUT2D eigenvalue weighted by Gasteiger charge is 2.13. The van der Waals surface area contributed by atoms with Gasteiger partial charge in [-0.2, -0.15) is 0 Å². The zero-order valence-corrected chi connectivity index (χ0v) is 14.6. The molecule has 0 saturated carbocycles. The van der Waals surface area contributed by atoms with Gasteiger partial charge < -0.3 is 25.0 Å². The predicted molar refractivity (Wildman–Crippen MR) is 94.3 cm³/mol. The van der Waals surface area contributed by atoms with Gasteiger partial charge in [-0.05, 0) is 43.2 Å². The summed E-state index contributed by atoms with van der Waals surface area (Å²) in [5, 5.41) is 21.6. The Morgan fingerprint density at radius 2 is 1.76 bits per heavy atom. The normalized spacial score (nSPS) is 10.4. The molecule has 6 heteroatoms. The molecule has 0 heterocycles. The maximum Gasteiger partial charge on any atom is 0.251 e. The summed E-state index contributed by atoms with van der Waals surface area (Å²) in [6.07, 6.45) is 0.582. The Morgan fingerprint density at radius 1 is 1.12 bits per heavy atom. The number of phenols is 1. The number of aromatic hydroxyl groups is 1. The third kappa shape index (κ3) is 4.42. The second kappa shape index (κ2) is 8.39. The minimum absolute atomic E-state index is 0.0640. The summed E-state index contributed by atoms with van der Waals surface area (Å²) in [5.74, 6) is 1.03. The molecule has 0 spiro atoms. The molecule has 0 unspecified atom stereocenters. The number of methoxy groups -OCH3 is 2. The van der Waals surface area contributed by atoms with Gasteiger partial charge in [-0.1, -0.05) is 6.07 Å². The number of hydrogen-bond donors (Lipinski definition) is 3. The van der Waals surface area contributed by atoms with Crippen molar-refractivity contribution >= 4 is 5.91 Å². The van der Waals surface area contributed by atoms with Gasteiger partial charge in [-0.15, -0.1) is 0 Å². The van der Waals surface area contributed by atoms with Crippen LogP contribution in [0.4, 0.5) is 0 Å². The van der Waals surface area contributed by atoms with Crippen LogP contribution >= 0.6 is 0 Å². The van der Waals surface area contributed by atoms with Crippen LogP contribution in [-0.2, 0) is 13.0 Å². The number of hydrogen-bond acceptors (Lipinski definition) is 5. The van der Waals surface area contributed by atoms with E-state index in [4.69, 9.17) is 9.47 Å². The Balaban J connectivity index is 2.03. The summed E-state index contributed by atoms with van der Waals surface area (Å²) in [7, 11) is 3.10. The van der Waals surface area contributed by atoms with Crippen LogP contribution in [0.15, 0.2) is 30.3 Å². The number of aliphatic hydroxyl groups excluding tert-OH is 1. The summed E-state index contributed by atoms with van der Waals surface area (Å²) in [6.45, 7) is 2.06. The lowest BCUT2D eigenvalue weighted by atomic mass is 10.1. The van der Waals surface area contributed by atoms with E-state index in [0.29, 0.717) is 35.6 Å². The highest BCUT2D eigenvalue weighted by Crippen LogP contribution is 2.29. The van der Waals surface area contributed by atoms with Gasteiger partial charge in [0.25, 0.3) is 5.91 Å². The first kappa shape index (κ1) is 18.6. The zero-order valence-electron chi connectivity index (χ0n) is 14.6. The quantitative estimate of drug-likeness (QED) is 0.716. The number of nitrogens with one attached hydrogen (secondary N) is 1. The second-order valence-electron chi connectivity index (χ2n) is 5.63. The number of aliphatic hydroxyl groups is 1. The Kier molecular flexibility index (Phi) is 6.25. The van der Waals surface area contributed by atoms with E-state index in [1.165, 1.54) is 0 Å². The molecule has 0 aromatic heterocycles. The summed E-state index contributed by atoms with van der Waals surface area (Å²) < 4.78 is 10.6. The topological polar surface area (TPSA) is 88.0 Å². The molecule has 25 heavy (non-hydrogen) atoms. The SMILES string of the molecule is COc1cc(C(=O)NCCc2ccc(O)c(CO)c2)cc(OC)c1C. The van der Waals surface area contributed by atoms with Gasteiger partial charge >= 0.3 is 0 Å². The Morgan fingerprint density at radius 3 is 2.32 bits per heavy atom. The van der Waals surface area contributed by atoms with Gasteiger partial charge in [0.15, 0.2) is 0 Å². The molecule has 1 amide bonds. The van der Waals surface area contributed by atoms with Crippen LogP contribution in [0, 0.1) is 6.92 Å². The van der Waals surface area contributed by atoms with Gasteiger partial charge in [0.05, 0.1) is 20.8 Å². The monoisotopic (exact) mass is 345 g/mol. The van der Waals surface area contributed by atoms with Crippen molar-refractivity contribution in [3.8, 4) is 17.2 Å². The van der Waals surface area contributed by atoms with Crippen molar-refractivity contribution in [2.75, 3.05) is 20.8 Å². The van der Waals surface area contributed by atoms with Crippen molar-refractivity contribution in [3.05, 3.63) is 52.6 Å². The molecule has 0 aliphatic rings. The van der Waals surface area contributed by atoms with Crippen molar-refractivity contribution < 1.29 is 24.5 Å². The van der Waals surface area contributed by atoms with Crippen molar-refractivity contribution in [2.45, 2.75) is 20.0 Å². The van der Waals surface area contributed by atoms with Crippen LogP contribution in [0.25, 0.3) is 0 Å². The van der Waals surface area contributed by atoms with Crippen molar-refractivity contribution in [1.29, 1.82) is 0 Å².